The van der Waals surface area contributed by atoms with Gasteiger partial charge < -0.3 is 19.8 Å². The molecule has 1 saturated heterocycles. The SMILES string of the molecule is CCCCOCC(O)CN1CCC(CO)CC1. The van der Waals surface area contributed by atoms with E-state index in [1.54, 1.807) is 0 Å². The quantitative estimate of drug-likeness (QED) is 0.623. The molecule has 17 heavy (non-hydrogen) atoms. The highest BCUT2D eigenvalue weighted by molar-refractivity contribution is 4.73. The van der Waals surface area contributed by atoms with Gasteiger partial charge in [-0.1, -0.05) is 13.3 Å². The van der Waals surface area contributed by atoms with E-state index in [-0.39, 0.29) is 6.10 Å². The monoisotopic (exact) mass is 245 g/mol. The molecule has 0 aliphatic carbocycles. The third-order valence-corrected chi connectivity index (χ3v) is 3.39. The molecule has 0 radical (unpaired) electrons. The van der Waals surface area contributed by atoms with Crippen molar-refractivity contribution in [1.82, 2.24) is 4.90 Å². The molecule has 0 saturated carbocycles. The smallest absolute Gasteiger partial charge is 0.0900 e. The highest BCUT2D eigenvalue weighted by atomic mass is 16.5. The summed E-state index contributed by atoms with van der Waals surface area (Å²) in [5, 5.41) is 18.8. The fourth-order valence-corrected chi connectivity index (χ4v) is 2.17. The van der Waals surface area contributed by atoms with Crippen molar-refractivity contribution in [1.29, 1.82) is 0 Å². The van der Waals surface area contributed by atoms with Crippen molar-refractivity contribution in [3.05, 3.63) is 0 Å². The first kappa shape index (κ1) is 14.9. The molecule has 0 bridgehead atoms. The minimum absolute atomic E-state index is 0.302. The summed E-state index contributed by atoms with van der Waals surface area (Å²) in [6.45, 7) is 6.29. The van der Waals surface area contributed by atoms with Crippen molar-refractivity contribution in [2.24, 2.45) is 5.92 Å². The third-order valence-electron chi connectivity index (χ3n) is 3.39. The Bertz CT molecular complexity index is 182. The second-order valence-electron chi connectivity index (χ2n) is 5.01. The molecule has 102 valence electrons. The van der Waals surface area contributed by atoms with Gasteiger partial charge in [-0.3, -0.25) is 0 Å². The van der Waals surface area contributed by atoms with Crippen molar-refractivity contribution in [2.45, 2.75) is 38.7 Å². The fourth-order valence-electron chi connectivity index (χ4n) is 2.17. The van der Waals surface area contributed by atoms with Crippen molar-refractivity contribution in [3.63, 3.8) is 0 Å². The molecule has 0 aromatic carbocycles. The Morgan fingerprint density at radius 3 is 2.65 bits per heavy atom. The van der Waals surface area contributed by atoms with E-state index in [9.17, 15) is 5.11 Å². The second kappa shape index (κ2) is 8.86. The molecule has 0 amide bonds. The number of likely N-dealkylation sites (tertiary alicyclic amines) is 1. The van der Waals surface area contributed by atoms with Gasteiger partial charge >= 0.3 is 0 Å². The Balaban J connectivity index is 2.04. The Morgan fingerprint density at radius 2 is 2.06 bits per heavy atom. The molecule has 0 spiro atoms. The number of nitrogens with zero attached hydrogens (tertiary/aromatic N) is 1. The molecule has 0 aromatic heterocycles. The zero-order valence-electron chi connectivity index (χ0n) is 11.0. The van der Waals surface area contributed by atoms with Crippen molar-refractivity contribution in [3.8, 4) is 0 Å². The van der Waals surface area contributed by atoms with Crippen LogP contribution in [0.4, 0.5) is 0 Å². The maximum absolute atomic E-state index is 9.81. The fraction of sp³-hybridized carbons (Fsp3) is 1.00. The summed E-state index contributed by atoms with van der Waals surface area (Å²) in [6.07, 6.45) is 3.90. The third kappa shape index (κ3) is 6.36. The van der Waals surface area contributed by atoms with Gasteiger partial charge in [-0.2, -0.15) is 0 Å². The number of ether oxygens (including phenoxy) is 1. The van der Waals surface area contributed by atoms with Gasteiger partial charge in [-0.15, -0.1) is 0 Å². The molecule has 1 heterocycles. The summed E-state index contributed by atoms with van der Waals surface area (Å²) in [5.74, 6) is 0.462. The van der Waals surface area contributed by atoms with Gasteiger partial charge in [-0.05, 0) is 38.3 Å². The molecule has 1 unspecified atom stereocenters. The van der Waals surface area contributed by atoms with Crippen LogP contribution < -0.4 is 0 Å². The van der Waals surface area contributed by atoms with E-state index < -0.39 is 0 Å². The van der Waals surface area contributed by atoms with Gasteiger partial charge in [0.1, 0.15) is 0 Å². The molecule has 4 nitrogen and oxygen atoms in total. The Kier molecular flexibility index (Phi) is 7.77. The molecule has 2 N–H and O–H groups in total. The lowest BCUT2D eigenvalue weighted by atomic mass is 9.98. The van der Waals surface area contributed by atoms with Crippen LogP contribution in [0, 0.1) is 5.92 Å². The Hall–Kier alpha value is -0.160. The largest absolute Gasteiger partial charge is 0.396 e. The first-order chi connectivity index (χ1) is 8.26. The van der Waals surface area contributed by atoms with E-state index in [2.05, 4.69) is 11.8 Å². The van der Waals surface area contributed by atoms with Gasteiger partial charge in [0.2, 0.25) is 0 Å². The average Bonchev–Trinajstić information content (AvgIpc) is 2.36. The topological polar surface area (TPSA) is 52.9 Å². The molecule has 1 aliphatic rings. The van der Waals surface area contributed by atoms with Crippen LogP contribution >= 0.6 is 0 Å². The number of rotatable bonds is 8. The minimum Gasteiger partial charge on any atom is -0.396 e. The highest BCUT2D eigenvalue weighted by Crippen LogP contribution is 2.16. The van der Waals surface area contributed by atoms with Gasteiger partial charge in [0.05, 0.1) is 12.7 Å². The van der Waals surface area contributed by atoms with E-state index in [0.29, 0.717) is 25.7 Å². The van der Waals surface area contributed by atoms with Gasteiger partial charge in [-0.25, -0.2) is 0 Å². The van der Waals surface area contributed by atoms with Crippen LogP contribution in [0.15, 0.2) is 0 Å². The summed E-state index contributed by atoms with van der Waals surface area (Å²) in [7, 11) is 0. The van der Waals surface area contributed by atoms with Gasteiger partial charge in [0.25, 0.3) is 0 Å². The summed E-state index contributed by atoms with van der Waals surface area (Å²) in [5.41, 5.74) is 0. The van der Waals surface area contributed by atoms with Crippen LogP contribution in [0.3, 0.4) is 0 Å². The Morgan fingerprint density at radius 1 is 1.35 bits per heavy atom. The standard InChI is InChI=1S/C13H27NO3/c1-2-3-8-17-11-13(16)9-14-6-4-12(10-15)5-7-14/h12-13,15-16H,2-11H2,1H3. The molecule has 1 rings (SSSR count). The molecule has 4 heteroatoms. The summed E-state index contributed by atoms with van der Waals surface area (Å²) in [4.78, 5) is 2.26. The lowest BCUT2D eigenvalue weighted by Crippen LogP contribution is -2.40. The minimum atomic E-state index is -0.377. The number of unbranched alkanes of at least 4 members (excludes halogenated alkanes) is 1. The van der Waals surface area contributed by atoms with E-state index >= 15 is 0 Å². The molecular weight excluding hydrogens is 218 g/mol. The second-order valence-corrected chi connectivity index (χ2v) is 5.01. The molecule has 1 atom stereocenters. The van der Waals surface area contributed by atoms with E-state index in [1.807, 2.05) is 0 Å². The van der Waals surface area contributed by atoms with Crippen LogP contribution in [0.5, 0.6) is 0 Å². The predicted molar refractivity (Wildman–Crippen MR) is 68.0 cm³/mol. The van der Waals surface area contributed by atoms with Crippen LogP contribution in [0.25, 0.3) is 0 Å². The number of aliphatic hydroxyl groups excluding tert-OH is 2. The molecule has 1 fully saturated rings. The first-order valence-corrected chi connectivity index (χ1v) is 6.85. The number of piperidine rings is 1. The lowest BCUT2D eigenvalue weighted by molar-refractivity contribution is 0.00784. The van der Waals surface area contributed by atoms with Crippen molar-refractivity contribution < 1.29 is 14.9 Å². The maximum atomic E-state index is 9.81. The molecule has 0 aromatic rings. The maximum Gasteiger partial charge on any atom is 0.0900 e. The zero-order valence-corrected chi connectivity index (χ0v) is 11.0. The predicted octanol–water partition coefficient (Wildman–Crippen LogP) is 0.868. The highest BCUT2D eigenvalue weighted by Gasteiger charge is 2.20. The van der Waals surface area contributed by atoms with Crippen LogP contribution in [0.2, 0.25) is 0 Å². The van der Waals surface area contributed by atoms with Crippen molar-refractivity contribution >= 4 is 0 Å². The first-order valence-electron chi connectivity index (χ1n) is 6.85. The summed E-state index contributed by atoms with van der Waals surface area (Å²) in [6, 6.07) is 0. The number of aliphatic hydroxyl groups is 2. The van der Waals surface area contributed by atoms with Crippen LogP contribution in [-0.2, 0) is 4.74 Å². The van der Waals surface area contributed by atoms with Crippen molar-refractivity contribution in [2.75, 3.05) is 39.5 Å². The number of hydrogen-bond donors (Lipinski definition) is 2. The number of β-amino-alcohol motifs (C(OH)–C–C–N with tert-alkyl or cyclic N) is 1. The van der Waals surface area contributed by atoms with Crippen LogP contribution in [-0.4, -0.2) is 60.7 Å². The lowest BCUT2D eigenvalue weighted by Gasteiger charge is -2.32. The van der Waals surface area contributed by atoms with Gasteiger partial charge in [0.15, 0.2) is 0 Å². The summed E-state index contributed by atoms with van der Waals surface area (Å²) >= 11 is 0. The normalized spacial score (nSPS) is 20.6. The van der Waals surface area contributed by atoms with Gasteiger partial charge in [0, 0.05) is 19.8 Å². The average molecular weight is 245 g/mol. The van der Waals surface area contributed by atoms with E-state index in [1.165, 1.54) is 0 Å². The number of hydrogen-bond acceptors (Lipinski definition) is 4. The zero-order chi connectivity index (χ0) is 12.5. The van der Waals surface area contributed by atoms with E-state index in [0.717, 1.165) is 45.4 Å². The Labute approximate surface area is 105 Å². The summed E-state index contributed by atoms with van der Waals surface area (Å²) < 4.78 is 5.40. The molecule has 1 aliphatic heterocycles. The van der Waals surface area contributed by atoms with Crippen LogP contribution in [0.1, 0.15) is 32.6 Å². The molecular formula is C13H27NO3. The van der Waals surface area contributed by atoms with E-state index in [4.69, 9.17) is 9.84 Å².